The van der Waals surface area contributed by atoms with Gasteiger partial charge in [-0.3, -0.25) is 4.79 Å². The molecule has 0 spiro atoms. The van der Waals surface area contributed by atoms with Crippen LogP contribution in [-0.4, -0.2) is 25.3 Å². The maximum absolute atomic E-state index is 10.4. The summed E-state index contributed by atoms with van der Waals surface area (Å²) in [7, 11) is 3.12. The minimum Gasteiger partial charge on any atom is -0.481 e. The summed E-state index contributed by atoms with van der Waals surface area (Å²) in [6.07, 6.45) is 2.91. The van der Waals surface area contributed by atoms with Crippen LogP contribution < -0.4 is 0 Å². The van der Waals surface area contributed by atoms with Crippen LogP contribution in [0.2, 0.25) is 0 Å². The summed E-state index contributed by atoms with van der Waals surface area (Å²) in [6.45, 7) is 0. The van der Waals surface area contributed by atoms with Gasteiger partial charge in [0.05, 0.1) is 6.42 Å². The second-order valence-corrected chi connectivity index (χ2v) is 3.43. The predicted octanol–water partition coefficient (Wildman–Crippen LogP) is 2.47. The van der Waals surface area contributed by atoms with Crippen molar-refractivity contribution in [2.45, 2.75) is 12.7 Å². The van der Waals surface area contributed by atoms with E-state index < -0.39 is 12.3 Å². The molecule has 0 saturated carbocycles. The molecule has 0 saturated heterocycles. The van der Waals surface area contributed by atoms with E-state index >= 15 is 0 Å². The van der Waals surface area contributed by atoms with Crippen molar-refractivity contribution >= 4 is 12.0 Å². The first-order valence-electron chi connectivity index (χ1n) is 5.22. The van der Waals surface area contributed by atoms with Crippen LogP contribution >= 0.6 is 0 Å². The summed E-state index contributed by atoms with van der Waals surface area (Å²) in [5, 5.41) is 8.56. The quantitative estimate of drug-likeness (QED) is 0.771. The van der Waals surface area contributed by atoms with E-state index in [1.54, 1.807) is 26.4 Å². The number of hydrogen-bond acceptors (Lipinski definition) is 3. The molecule has 4 heteroatoms. The van der Waals surface area contributed by atoms with Crippen molar-refractivity contribution in [2.75, 3.05) is 14.2 Å². The van der Waals surface area contributed by atoms with E-state index in [9.17, 15) is 4.79 Å². The first-order chi connectivity index (χ1) is 8.19. The maximum Gasteiger partial charge on any atom is 0.307 e. The third-order valence-corrected chi connectivity index (χ3v) is 2.27. The molecule has 0 aliphatic rings. The van der Waals surface area contributed by atoms with Crippen molar-refractivity contribution < 1.29 is 19.4 Å². The highest BCUT2D eigenvalue weighted by molar-refractivity contribution is 5.70. The van der Waals surface area contributed by atoms with Crippen molar-refractivity contribution in [1.82, 2.24) is 0 Å². The molecule has 0 fully saturated rings. The fourth-order valence-electron chi connectivity index (χ4n) is 1.51. The Morgan fingerprint density at radius 1 is 1.35 bits per heavy atom. The van der Waals surface area contributed by atoms with Crippen LogP contribution in [0.25, 0.3) is 6.08 Å². The Hall–Kier alpha value is -1.65. The molecule has 1 N–H and O–H groups in total. The number of carboxylic acid groups (broad SMARTS) is 1. The summed E-state index contributed by atoms with van der Waals surface area (Å²) >= 11 is 0. The van der Waals surface area contributed by atoms with Gasteiger partial charge in [0.25, 0.3) is 0 Å². The molecule has 0 bridgehead atoms. The van der Waals surface area contributed by atoms with Gasteiger partial charge in [-0.25, -0.2) is 0 Å². The minimum absolute atomic E-state index is 0.00103. The average Bonchev–Trinajstić information content (AvgIpc) is 2.32. The molecule has 0 atom stereocenters. The second kappa shape index (κ2) is 6.83. The SMILES string of the molecule is COC(OC)c1ccccc1C=CCC(=O)O. The molecule has 17 heavy (non-hydrogen) atoms. The van der Waals surface area contributed by atoms with Gasteiger partial charge in [0, 0.05) is 19.8 Å². The highest BCUT2D eigenvalue weighted by Crippen LogP contribution is 2.22. The molecular formula is C13H16O4. The number of aliphatic carboxylic acids is 1. The van der Waals surface area contributed by atoms with Gasteiger partial charge in [-0.15, -0.1) is 0 Å². The smallest absolute Gasteiger partial charge is 0.307 e. The molecule has 0 unspecified atom stereocenters. The number of benzene rings is 1. The number of carbonyl (C=O) groups is 1. The van der Waals surface area contributed by atoms with E-state index in [0.717, 1.165) is 11.1 Å². The largest absolute Gasteiger partial charge is 0.481 e. The molecular weight excluding hydrogens is 220 g/mol. The van der Waals surface area contributed by atoms with Crippen molar-refractivity contribution in [2.24, 2.45) is 0 Å². The Morgan fingerprint density at radius 3 is 2.59 bits per heavy atom. The zero-order chi connectivity index (χ0) is 12.7. The number of methoxy groups -OCH3 is 2. The summed E-state index contributed by atoms with van der Waals surface area (Å²) in [6, 6.07) is 7.54. The van der Waals surface area contributed by atoms with E-state index in [0.29, 0.717) is 0 Å². The maximum atomic E-state index is 10.4. The first kappa shape index (κ1) is 13.4. The molecule has 0 aliphatic heterocycles. The third-order valence-electron chi connectivity index (χ3n) is 2.27. The normalized spacial score (nSPS) is 11.2. The molecule has 1 aromatic rings. The van der Waals surface area contributed by atoms with Crippen LogP contribution in [0.15, 0.2) is 30.3 Å². The van der Waals surface area contributed by atoms with E-state index in [4.69, 9.17) is 14.6 Å². The van der Waals surface area contributed by atoms with Crippen molar-refractivity contribution in [1.29, 1.82) is 0 Å². The topological polar surface area (TPSA) is 55.8 Å². The number of ether oxygens (including phenoxy) is 2. The van der Waals surface area contributed by atoms with E-state index in [2.05, 4.69) is 0 Å². The lowest BCUT2D eigenvalue weighted by Crippen LogP contribution is -2.05. The van der Waals surface area contributed by atoms with Crippen molar-refractivity contribution in [3.05, 3.63) is 41.5 Å². The van der Waals surface area contributed by atoms with Crippen LogP contribution in [0.1, 0.15) is 23.8 Å². The lowest BCUT2D eigenvalue weighted by molar-refractivity contribution is -0.135. The highest BCUT2D eigenvalue weighted by atomic mass is 16.7. The zero-order valence-electron chi connectivity index (χ0n) is 9.92. The van der Waals surface area contributed by atoms with Crippen LogP contribution in [0.4, 0.5) is 0 Å². The van der Waals surface area contributed by atoms with E-state index in [-0.39, 0.29) is 6.42 Å². The molecule has 0 aromatic heterocycles. The van der Waals surface area contributed by atoms with Gasteiger partial charge in [-0.2, -0.15) is 0 Å². The Balaban J connectivity index is 2.91. The second-order valence-electron chi connectivity index (χ2n) is 3.43. The molecule has 1 rings (SSSR count). The van der Waals surface area contributed by atoms with Gasteiger partial charge in [-0.05, 0) is 5.56 Å². The van der Waals surface area contributed by atoms with Gasteiger partial charge >= 0.3 is 5.97 Å². The average molecular weight is 236 g/mol. The molecule has 0 aliphatic carbocycles. The summed E-state index contributed by atoms with van der Waals surface area (Å²) in [4.78, 5) is 10.4. The lowest BCUT2D eigenvalue weighted by atomic mass is 10.1. The van der Waals surface area contributed by atoms with Gasteiger partial charge in [0.15, 0.2) is 6.29 Å². The van der Waals surface area contributed by atoms with Gasteiger partial charge < -0.3 is 14.6 Å². The molecule has 0 amide bonds. The lowest BCUT2D eigenvalue weighted by Gasteiger charge is -2.15. The zero-order valence-corrected chi connectivity index (χ0v) is 9.92. The minimum atomic E-state index is -0.853. The standard InChI is InChI=1S/C13H16O4/c1-16-13(17-2)11-8-4-3-6-10(11)7-5-9-12(14)15/h3-8,13H,9H2,1-2H3,(H,14,15). The number of rotatable bonds is 6. The fourth-order valence-corrected chi connectivity index (χ4v) is 1.51. The molecule has 92 valence electrons. The van der Waals surface area contributed by atoms with Gasteiger partial charge in [0.1, 0.15) is 0 Å². The van der Waals surface area contributed by atoms with Crippen molar-refractivity contribution in [3.63, 3.8) is 0 Å². The molecule has 1 aromatic carbocycles. The van der Waals surface area contributed by atoms with Gasteiger partial charge in [-0.1, -0.05) is 36.4 Å². The third kappa shape index (κ3) is 4.01. The van der Waals surface area contributed by atoms with Crippen LogP contribution in [0.3, 0.4) is 0 Å². The number of carboxylic acids is 1. The highest BCUT2D eigenvalue weighted by Gasteiger charge is 2.11. The molecule has 0 heterocycles. The molecule has 0 radical (unpaired) electrons. The Kier molecular flexibility index (Phi) is 5.39. The van der Waals surface area contributed by atoms with Crippen LogP contribution in [0.5, 0.6) is 0 Å². The Morgan fingerprint density at radius 2 is 2.00 bits per heavy atom. The predicted molar refractivity (Wildman–Crippen MR) is 64.5 cm³/mol. The molecule has 4 nitrogen and oxygen atoms in total. The first-order valence-corrected chi connectivity index (χ1v) is 5.22. The van der Waals surface area contributed by atoms with Crippen LogP contribution in [0, 0.1) is 0 Å². The monoisotopic (exact) mass is 236 g/mol. The van der Waals surface area contributed by atoms with E-state index in [1.165, 1.54) is 0 Å². The number of hydrogen-bond donors (Lipinski definition) is 1. The Bertz CT molecular complexity index is 394. The fraction of sp³-hybridized carbons (Fsp3) is 0.308. The summed E-state index contributed by atoms with van der Waals surface area (Å²) in [5.41, 5.74) is 1.77. The summed E-state index contributed by atoms with van der Waals surface area (Å²) < 4.78 is 10.4. The van der Waals surface area contributed by atoms with Crippen molar-refractivity contribution in [3.8, 4) is 0 Å². The summed E-state index contributed by atoms with van der Waals surface area (Å²) in [5.74, 6) is -0.853. The van der Waals surface area contributed by atoms with Gasteiger partial charge in [0.2, 0.25) is 0 Å². The van der Waals surface area contributed by atoms with E-state index in [1.807, 2.05) is 24.3 Å². The Labute approximate surface area is 100 Å². The van der Waals surface area contributed by atoms with Crippen LogP contribution in [-0.2, 0) is 14.3 Å².